The second-order valence-corrected chi connectivity index (χ2v) is 9.60. The van der Waals surface area contributed by atoms with Crippen molar-refractivity contribution in [3.8, 4) is 0 Å². The molecular weight excluding hydrogens is 456 g/mol. The Hall–Kier alpha value is -2.89. The molecule has 0 bridgehead atoms. The third kappa shape index (κ3) is 4.67. The number of hydrogen-bond acceptors (Lipinski definition) is 8. The zero-order chi connectivity index (χ0) is 24.7. The number of halogens is 2. The topological polar surface area (TPSA) is 89.8 Å². The van der Waals surface area contributed by atoms with Crippen LogP contribution in [0, 0.1) is 0 Å². The lowest BCUT2D eigenvalue weighted by molar-refractivity contribution is -0.0761. The fourth-order valence-electron chi connectivity index (χ4n) is 5.20. The Morgan fingerprint density at radius 3 is 2.74 bits per heavy atom. The molecule has 1 unspecified atom stereocenters. The summed E-state index contributed by atoms with van der Waals surface area (Å²) < 4.78 is 29.2. The van der Waals surface area contributed by atoms with Crippen LogP contribution in [-0.4, -0.2) is 80.6 Å². The van der Waals surface area contributed by atoms with Crippen LogP contribution < -0.4 is 10.9 Å². The average molecular weight is 488 g/mol. The van der Waals surface area contributed by atoms with Crippen molar-refractivity contribution in [1.29, 1.82) is 0 Å². The first-order valence-corrected chi connectivity index (χ1v) is 12.0. The van der Waals surface area contributed by atoms with E-state index in [2.05, 4.69) is 15.2 Å². The summed E-state index contributed by atoms with van der Waals surface area (Å²) >= 11 is 0. The molecule has 188 valence electrons. The lowest BCUT2D eigenvalue weighted by Gasteiger charge is -2.42. The minimum Gasteiger partial charge on any atom is -0.395 e. The maximum Gasteiger partial charge on any atom is 0.274 e. The fraction of sp³-hybridized carbons (Fsp3) is 0.542. The number of likely N-dealkylation sites (N-methyl/N-ethyl adjacent to an activating group) is 1. The number of piperidine rings is 1. The minimum absolute atomic E-state index is 0.129. The van der Waals surface area contributed by atoms with E-state index in [0.717, 1.165) is 29.8 Å². The van der Waals surface area contributed by atoms with Gasteiger partial charge in [0.25, 0.3) is 11.5 Å². The van der Waals surface area contributed by atoms with Gasteiger partial charge in [-0.15, -0.1) is 0 Å². The van der Waals surface area contributed by atoms with Crippen molar-refractivity contribution in [1.82, 2.24) is 29.2 Å². The number of aliphatic hydroxyl groups is 1. The van der Waals surface area contributed by atoms with Crippen LogP contribution in [0.15, 0.2) is 23.3 Å². The molecular formula is C24H31F2N7O2. The normalized spacial score (nSPS) is 22.1. The summed E-state index contributed by atoms with van der Waals surface area (Å²) in [4.78, 5) is 28.6. The van der Waals surface area contributed by atoms with E-state index in [0.29, 0.717) is 17.9 Å². The maximum absolute atomic E-state index is 13.8. The molecule has 9 nitrogen and oxygen atoms in total. The smallest absolute Gasteiger partial charge is 0.274 e. The van der Waals surface area contributed by atoms with Gasteiger partial charge in [0.1, 0.15) is 11.9 Å². The van der Waals surface area contributed by atoms with Gasteiger partial charge in [-0.1, -0.05) is 0 Å². The number of aromatic nitrogens is 3. The molecule has 0 aromatic carbocycles. The Morgan fingerprint density at radius 2 is 2.00 bits per heavy atom. The maximum atomic E-state index is 13.8. The van der Waals surface area contributed by atoms with Gasteiger partial charge in [0.05, 0.1) is 12.3 Å². The van der Waals surface area contributed by atoms with Crippen LogP contribution in [0.2, 0.25) is 0 Å². The number of nitrogens with one attached hydrogen (secondary N) is 1. The van der Waals surface area contributed by atoms with Crippen molar-refractivity contribution in [2.45, 2.75) is 44.4 Å². The van der Waals surface area contributed by atoms with Gasteiger partial charge >= 0.3 is 0 Å². The van der Waals surface area contributed by atoms with Crippen molar-refractivity contribution in [3.63, 3.8) is 0 Å². The third-order valence-electron chi connectivity index (χ3n) is 7.07. The molecule has 1 saturated heterocycles. The Labute approximate surface area is 202 Å². The molecule has 0 saturated carbocycles. The predicted molar refractivity (Wildman–Crippen MR) is 128 cm³/mol. The molecule has 2 aromatic rings. The predicted octanol–water partition coefficient (Wildman–Crippen LogP) is 2.01. The van der Waals surface area contributed by atoms with E-state index in [9.17, 15) is 18.7 Å². The van der Waals surface area contributed by atoms with Gasteiger partial charge in [-0.3, -0.25) is 9.69 Å². The molecule has 2 N–H and O–H groups in total. The number of nitrogens with zero attached hydrogens (tertiary/aromatic N) is 6. The van der Waals surface area contributed by atoms with Gasteiger partial charge in [-0.05, 0) is 24.8 Å². The summed E-state index contributed by atoms with van der Waals surface area (Å²) in [7, 11) is 3.93. The van der Waals surface area contributed by atoms with Crippen molar-refractivity contribution < 1.29 is 13.9 Å². The highest BCUT2D eigenvalue weighted by Crippen LogP contribution is 2.36. The molecule has 2 aromatic heterocycles. The molecule has 11 heteroatoms. The van der Waals surface area contributed by atoms with Crippen molar-refractivity contribution in [2.75, 3.05) is 45.7 Å². The lowest BCUT2D eigenvalue weighted by Crippen LogP contribution is -2.46. The van der Waals surface area contributed by atoms with Crippen molar-refractivity contribution >= 4 is 17.7 Å². The van der Waals surface area contributed by atoms with Gasteiger partial charge in [0.15, 0.2) is 0 Å². The lowest BCUT2D eigenvalue weighted by atomic mass is 10.0. The molecule has 0 amide bonds. The van der Waals surface area contributed by atoms with Crippen molar-refractivity contribution in [2.24, 2.45) is 0 Å². The zero-order valence-corrected chi connectivity index (χ0v) is 20.0. The first-order chi connectivity index (χ1) is 16.8. The van der Waals surface area contributed by atoms with Crippen LogP contribution in [0.25, 0.3) is 6.08 Å². The second kappa shape index (κ2) is 9.29. The number of aliphatic hydroxyl groups excluding tert-OH is 1. The van der Waals surface area contributed by atoms with Crippen LogP contribution in [0.5, 0.6) is 0 Å². The van der Waals surface area contributed by atoms with Gasteiger partial charge in [-0.2, -0.15) is 0 Å². The Kier molecular flexibility index (Phi) is 6.32. The number of rotatable bonds is 5. The highest BCUT2D eigenvalue weighted by Gasteiger charge is 2.39. The number of alkyl halides is 2. The second-order valence-electron chi connectivity index (χ2n) is 9.60. The molecule has 1 atom stereocenters. The molecule has 5 rings (SSSR count). The van der Waals surface area contributed by atoms with Crippen LogP contribution in [0.1, 0.15) is 41.5 Å². The molecule has 0 spiro atoms. The molecule has 3 aliphatic rings. The summed E-state index contributed by atoms with van der Waals surface area (Å²) in [6.07, 6.45) is 5.59. The van der Waals surface area contributed by atoms with Gasteiger partial charge in [-0.25, -0.2) is 18.7 Å². The van der Waals surface area contributed by atoms with E-state index >= 15 is 0 Å². The minimum atomic E-state index is -2.63. The van der Waals surface area contributed by atoms with E-state index in [1.54, 1.807) is 10.8 Å². The van der Waals surface area contributed by atoms with E-state index in [4.69, 9.17) is 4.98 Å². The largest absolute Gasteiger partial charge is 0.395 e. The molecule has 3 aliphatic heterocycles. The first kappa shape index (κ1) is 23.8. The summed E-state index contributed by atoms with van der Waals surface area (Å²) in [5, 5.41) is 12.6. The number of pyridine rings is 1. The quantitative estimate of drug-likeness (QED) is 0.662. The van der Waals surface area contributed by atoms with E-state index in [1.165, 1.54) is 0 Å². The number of anilines is 2. The van der Waals surface area contributed by atoms with Gasteiger partial charge in [0.2, 0.25) is 5.95 Å². The van der Waals surface area contributed by atoms with Gasteiger partial charge < -0.3 is 24.8 Å². The summed E-state index contributed by atoms with van der Waals surface area (Å²) in [5.74, 6) is -2.35. The molecule has 5 heterocycles. The standard InChI is InChI=1S/C24H31F2N7O2/c1-30-7-4-19-17(15-30)13-18(22(35)33(19)11-12-34)28-23-27-14-16-3-8-31(2)21(20(16)29-23)32-9-5-24(25,26)6-10-32/h3,8,13-14,21,34H,4-7,9-12,15H2,1-2H3,(H,27,28,29). The number of likely N-dealkylation sites (tertiary alicyclic amines) is 1. The number of hydrogen-bond donors (Lipinski definition) is 2. The van der Waals surface area contributed by atoms with Crippen LogP contribution in [-0.2, 0) is 19.5 Å². The monoisotopic (exact) mass is 487 g/mol. The molecule has 1 fully saturated rings. The van der Waals surface area contributed by atoms with Crippen LogP contribution >= 0.6 is 0 Å². The van der Waals surface area contributed by atoms with E-state index < -0.39 is 5.92 Å². The third-order valence-corrected chi connectivity index (χ3v) is 7.07. The Balaban J connectivity index is 1.47. The summed E-state index contributed by atoms with van der Waals surface area (Å²) in [6.45, 7) is 2.19. The van der Waals surface area contributed by atoms with E-state index in [-0.39, 0.29) is 56.8 Å². The highest BCUT2D eigenvalue weighted by atomic mass is 19.3. The van der Waals surface area contributed by atoms with E-state index in [1.807, 2.05) is 42.2 Å². The summed E-state index contributed by atoms with van der Waals surface area (Å²) in [6, 6.07) is 1.85. The average Bonchev–Trinajstić information content (AvgIpc) is 2.82. The van der Waals surface area contributed by atoms with Gasteiger partial charge in [0, 0.05) is 82.7 Å². The Morgan fingerprint density at radius 1 is 1.23 bits per heavy atom. The molecule has 35 heavy (non-hydrogen) atoms. The van der Waals surface area contributed by atoms with Crippen molar-refractivity contribution in [3.05, 3.63) is 51.3 Å². The zero-order valence-electron chi connectivity index (χ0n) is 20.0. The summed E-state index contributed by atoms with van der Waals surface area (Å²) in [5.41, 5.74) is 3.64. The van der Waals surface area contributed by atoms with Crippen LogP contribution in [0.3, 0.4) is 0 Å². The number of fused-ring (bicyclic) bond motifs is 2. The molecule has 0 radical (unpaired) electrons. The highest BCUT2D eigenvalue weighted by molar-refractivity contribution is 5.58. The SMILES string of the molecule is CN1CCc2c(cc(Nc3ncc4c(n3)C(N3CCC(F)(F)CC3)N(C)C=C4)c(=O)n2CCO)C1. The first-order valence-electron chi connectivity index (χ1n) is 12.0. The molecule has 0 aliphatic carbocycles. The fourth-order valence-corrected chi connectivity index (χ4v) is 5.20. The Bertz CT molecular complexity index is 1190. The van der Waals surface area contributed by atoms with Crippen LogP contribution in [0.4, 0.5) is 20.4 Å².